The number of benzene rings is 1. The number of hydrogen-bond acceptors (Lipinski definition) is 3. The molecule has 1 aliphatic carbocycles. The topological polar surface area (TPSA) is 23.6 Å². The molecule has 0 N–H and O–H groups in total. The summed E-state index contributed by atoms with van der Waals surface area (Å²) in [7, 11) is 2.18. The normalized spacial score (nSPS) is 24.4. The van der Waals surface area contributed by atoms with Crippen LogP contribution in [0.25, 0.3) is 0 Å². The Morgan fingerprint density at radius 2 is 2.00 bits per heavy atom. The summed E-state index contributed by atoms with van der Waals surface area (Å²) in [6.07, 6.45) is 2.23. The third-order valence-electron chi connectivity index (χ3n) is 4.39. The quantitative estimate of drug-likeness (QED) is 0.776. The molecule has 102 valence electrons. The summed E-state index contributed by atoms with van der Waals surface area (Å²) < 4.78 is 0. The van der Waals surface area contributed by atoms with Gasteiger partial charge in [-0.15, -0.1) is 0 Å². The minimum Gasteiger partial charge on any atom is -0.304 e. The number of carbonyl (C=O) groups excluding carboxylic acids is 1. The van der Waals surface area contributed by atoms with Gasteiger partial charge < -0.3 is 4.90 Å². The second kappa shape index (κ2) is 5.23. The molecule has 1 aromatic rings. The number of aryl methyl sites for hydroxylation is 1. The van der Waals surface area contributed by atoms with E-state index in [4.69, 9.17) is 11.6 Å². The average molecular weight is 279 g/mol. The van der Waals surface area contributed by atoms with E-state index in [2.05, 4.69) is 22.9 Å². The molecule has 0 saturated carbocycles. The van der Waals surface area contributed by atoms with Crippen molar-refractivity contribution in [2.75, 3.05) is 33.2 Å². The molecular formula is C15H19ClN2O. The molecule has 3 nitrogen and oxygen atoms in total. The first kappa shape index (κ1) is 13.1. The highest BCUT2D eigenvalue weighted by Crippen LogP contribution is 2.36. The third kappa shape index (κ3) is 2.55. The first-order valence-corrected chi connectivity index (χ1v) is 7.28. The molecule has 19 heavy (non-hydrogen) atoms. The minimum atomic E-state index is -0.356. The highest BCUT2D eigenvalue weighted by atomic mass is 35.5. The maximum Gasteiger partial charge on any atom is 0.252 e. The molecule has 1 saturated heterocycles. The van der Waals surface area contributed by atoms with Gasteiger partial charge in [0.15, 0.2) is 0 Å². The van der Waals surface area contributed by atoms with E-state index in [-0.39, 0.29) is 5.24 Å². The Balaban J connectivity index is 1.80. The summed E-state index contributed by atoms with van der Waals surface area (Å²) in [5.41, 5.74) is 3.32. The lowest BCUT2D eigenvalue weighted by Gasteiger charge is -2.36. The van der Waals surface area contributed by atoms with Gasteiger partial charge in [0.1, 0.15) is 0 Å². The van der Waals surface area contributed by atoms with Gasteiger partial charge in [-0.2, -0.15) is 0 Å². The van der Waals surface area contributed by atoms with Crippen molar-refractivity contribution in [3.63, 3.8) is 0 Å². The van der Waals surface area contributed by atoms with Crippen molar-refractivity contribution in [1.82, 2.24) is 9.80 Å². The number of nitrogens with zero attached hydrogens (tertiary/aromatic N) is 2. The van der Waals surface area contributed by atoms with E-state index in [9.17, 15) is 4.79 Å². The number of piperazine rings is 1. The summed E-state index contributed by atoms with van der Waals surface area (Å²) in [6.45, 7) is 4.56. The van der Waals surface area contributed by atoms with Gasteiger partial charge in [0, 0.05) is 37.8 Å². The molecule has 1 atom stereocenters. The summed E-state index contributed by atoms with van der Waals surface area (Å²) in [6, 6.07) is 6.47. The lowest BCUT2D eigenvalue weighted by atomic mass is 10.0. The lowest BCUT2D eigenvalue weighted by molar-refractivity contribution is 0.108. The van der Waals surface area contributed by atoms with E-state index in [1.165, 1.54) is 17.5 Å². The van der Waals surface area contributed by atoms with Crippen molar-refractivity contribution in [2.45, 2.75) is 18.9 Å². The van der Waals surface area contributed by atoms with Crippen molar-refractivity contribution in [2.24, 2.45) is 0 Å². The van der Waals surface area contributed by atoms with Crippen molar-refractivity contribution in [1.29, 1.82) is 0 Å². The van der Waals surface area contributed by atoms with Crippen LogP contribution in [0.2, 0.25) is 0 Å². The molecule has 1 aromatic carbocycles. The molecule has 3 rings (SSSR count). The molecule has 4 heteroatoms. The number of halogens is 1. The van der Waals surface area contributed by atoms with Crippen LogP contribution in [0.1, 0.15) is 33.9 Å². The Morgan fingerprint density at radius 1 is 1.26 bits per heavy atom. The molecule has 0 radical (unpaired) electrons. The van der Waals surface area contributed by atoms with Crippen molar-refractivity contribution in [3.8, 4) is 0 Å². The number of carbonyl (C=O) groups is 1. The van der Waals surface area contributed by atoms with Crippen LogP contribution in [0.4, 0.5) is 0 Å². The molecule has 0 bridgehead atoms. The van der Waals surface area contributed by atoms with E-state index in [0.717, 1.165) is 32.6 Å². The van der Waals surface area contributed by atoms with Gasteiger partial charge in [-0.1, -0.05) is 6.07 Å². The fourth-order valence-electron chi connectivity index (χ4n) is 3.23. The van der Waals surface area contributed by atoms with E-state index in [0.29, 0.717) is 11.6 Å². The molecule has 0 aromatic heterocycles. The predicted molar refractivity (Wildman–Crippen MR) is 76.8 cm³/mol. The number of fused-ring (bicyclic) bond motifs is 1. The minimum absolute atomic E-state index is 0.356. The van der Waals surface area contributed by atoms with Gasteiger partial charge >= 0.3 is 0 Å². The first-order valence-electron chi connectivity index (χ1n) is 6.90. The summed E-state index contributed by atoms with van der Waals surface area (Å²) in [4.78, 5) is 16.2. The highest BCUT2D eigenvalue weighted by molar-refractivity contribution is 6.67. The monoisotopic (exact) mass is 278 g/mol. The fraction of sp³-hybridized carbons (Fsp3) is 0.533. The highest BCUT2D eigenvalue weighted by Gasteiger charge is 2.29. The largest absolute Gasteiger partial charge is 0.304 e. The Kier molecular flexibility index (Phi) is 3.61. The zero-order valence-electron chi connectivity index (χ0n) is 11.2. The molecule has 0 amide bonds. The fourth-order valence-corrected chi connectivity index (χ4v) is 3.35. The predicted octanol–water partition coefficient (Wildman–Crippen LogP) is 2.30. The van der Waals surface area contributed by atoms with Crippen LogP contribution in [0.15, 0.2) is 18.2 Å². The van der Waals surface area contributed by atoms with Crippen molar-refractivity contribution >= 4 is 16.8 Å². The standard InChI is InChI=1S/C15H19ClN2O/c1-17-6-8-18(9-7-17)14-5-3-11-10-12(15(16)19)2-4-13(11)14/h2,4,10,14H,3,5-9H2,1H3/t14-/m1/s1. The van der Waals surface area contributed by atoms with Crippen LogP contribution in [-0.2, 0) is 6.42 Å². The zero-order chi connectivity index (χ0) is 13.4. The van der Waals surface area contributed by atoms with E-state index in [1.54, 1.807) is 0 Å². The van der Waals surface area contributed by atoms with Crippen LogP contribution in [-0.4, -0.2) is 48.3 Å². The zero-order valence-corrected chi connectivity index (χ0v) is 12.0. The van der Waals surface area contributed by atoms with Gasteiger partial charge in [0.25, 0.3) is 5.24 Å². The summed E-state index contributed by atoms with van der Waals surface area (Å²) in [5, 5.41) is -0.356. The number of likely N-dealkylation sites (N-methyl/N-ethyl adjacent to an activating group) is 1. The van der Waals surface area contributed by atoms with Gasteiger partial charge in [0.2, 0.25) is 0 Å². The van der Waals surface area contributed by atoms with Crippen LogP contribution < -0.4 is 0 Å². The van der Waals surface area contributed by atoms with Crippen LogP contribution in [0.5, 0.6) is 0 Å². The SMILES string of the molecule is CN1CCN([C@@H]2CCc3cc(C(=O)Cl)ccc32)CC1. The number of hydrogen-bond donors (Lipinski definition) is 0. The Morgan fingerprint density at radius 3 is 2.68 bits per heavy atom. The first-order chi connectivity index (χ1) is 9.15. The van der Waals surface area contributed by atoms with E-state index >= 15 is 0 Å². The summed E-state index contributed by atoms with van der Waals surface area (Å²) >= 11 is 5.55. The van der Waals surface area contributed by atoms with Crippen molar-refractivity contribution < 1.29 is 4.79 Å². The van der Waals surface area contributed by atoms with Gasteiger partial charge in [-0.3, -0.25) is 9.69 Å². The molecule has 1 fully saturated rings. The molecule has 2 aliphatic rings. The van der Waals surface area contributed by atoms with Crippen molar-refractivity contribution in [3.05, 3.63) is 34.9 Å². The van der Waals surface area contributed by atoms with Gasteiger partial charge in [0.05, 0.1) is 0 Å². The number of rotatable bonds is 2. The van der Waals surface area contributed by atoms with Crippen LogP contribution >= 0.6 is 11.6 Å². The maximum absolute atomic E-state index is 11.2. The van der Waals surface area contributed by atoms with Gasteiger partial charge in [-0.05, 0) is 54.7 Å². The molecule has 1 aliphatic heterocycles. The third-order valence-corrected chi connectivity index (χ3v) is 4.61. The lowest BCUT2D eigenvalue weighted by Crippen LogP contribution is -2.45. The summed E-state index contributed by atoms with van der Waals surface area (Å²) in [5.74, 6) is 0. The Bertz CT molecular complexity index is 495. The Labute approximate surface area is 119 Å². The maximum atomic E-state index is 11.2. The van der Waals surface area contributed by atoms with E-state index < -0.39 is 0 Å². The Hall–Kier alpha value is -0.900. The second-order valence-electron chi connectivity index (χ2n) is 5.58. The molecule has 1 heterocycles. The van der Waals surface area contributed by atoms with Crippen LogP contribution in [0, 0.1) is 0 Å². The molecule has 0 spiro atoms. The van der Waals surface area contributed by atoms with Gasteiger partial charge in [-0.25, -0.2) is 0 Å². The molecular weight excluding hydrogens is 260 g/mol. The van der Waals surface area contributed by atoms with E-state index in [1.807, 2.05) is 12.1 Å². The average Bonchev–Trinajstić information content (AvgIpc) is 2.82. The molecule has 0 unspecified atom stereocenters. The second-order valence-corrected chi connectivity index (χ2v) is 5.92. The van der Waals surface area contributed by atoms with Crippen LogP contribution in [0.3, 0.4) is 0 Å². The smallest absolute Gasteiger partial charge is 0.252 e.